The molecule has 2 atom stereocenters. The Morgan fingerprint density at radius 2 is 2.07 bits per heavy atom. The monoisotopic (exact) mass is 412 g/mol. The molecule has 1 fully saturated rings. The number of carbonyl (C=O) groups is 1. The first-order valence-electron chi connectivity index (χ1n) is 8.63. The first kappa shape index (κ1) is 19.9. The summed E-state index contributed by atoms with van der Waals surface area (Å²) in [4.78, 5) is 11.5. The molecule has 1 aliphatic rings. The topological polar surface area (TPSA) is 55.8 Å². The van der Waals surface area contributed by atoms with E-state index in [2.05, 4.69) is 0 Å². The van der Waals surface area contributed by atoms with Gasteiger partial charge in [-0.1, -0.05) is 35.3 Å². The number of hydrogen-bond donors (Lipinski definition) is 1. The molecule has 0 aromatic heterocycles. The molecule has 144 valence electrons. The van der Waals surface area contributed by atoms with Gasteiger partial charge in [-0.2, -0.15) is 0 Å². The van der Waals surface area contributed by atoms with Gasteiger partial charge in [0.15, 0.2) is 0 Å². The summed E-state index contributed by atoms with van der Waals surface area (Å²) in [5.41, 5.74) is 1.41. The molecular weight excluding hydrogens is 394 g/mol. The number of benzene rings is 2. The van der Waals surface area contributed by atoms with Crippen LogP contribution < -0.4 is 4.74 Å². The van der Waals surface area contributed by atoms with E-state index in [1.165, 1.54) is 12.1 Å². The summed E-state index contributed by atoms with van der Waals surface area (Å²) < 4.78 is 24.4. The van der Waals surface area contributed by atoms with Crippen molar-refractivity contribution in [1.29, 1.82) is 0 Å². The van der Waals surface area contributed by atoms with Gasteiger partial charge in [0.25, 0.3) is 0 Å². The zero-order valence-electron chi connectivity index (χ0n) is 14.5. The van der Waals surface area contributed by atoms with E-state index < -0.39 is 12.1 Å². The fourth-order valence-corrected chi connectivity index (χ4v) is 3.65. The summed E-state index contributed by atoms with van der Waals surface area (Å²) >= 11 is 12.4. The Hall–Kier alpha value is -1.82. The number of hydrogen-bond acceptors (Lipinski definition) is 4. The third-order valence-corrected chi connectivity index (χ3v) is 4.91. The average Bonchev–Trinajstić information content (AvgIpc) is 2.58. The van der Waals surface area contributed by atoms with Crippen molar-refractivity contribution in [3.05, 3.63) is 63.4 Å². The number of carbonyl (C=O) groups excluding carboxylic acids is 1. The van der Waals surface area contributed by atoms with Gasteiger partial charge in [-0.25, -0.2) is 4.39 Å². The fourth-order valence-electron chi connectivity index (χ4n) is 3.08. The Morgan fingerprint density at radius 3 is 2.81 bits per heavy atom. The lowest BCUT2D eigenvalue weighted by Gasteiger charge is -2.26. The van der Waals surface area contributed by atoms with Crippen molar-refractivity contribution in [2.24, 2.45) is 0 Å². The van der Waals surface area contributed by atoms with Crippen molar-refractivity contribution in [1.82, 2.24) is 0 Å². The number of aliphatic hydroxyl groups is 1. The number of halogens is 3. The normalized spacial score (nSPS) is 19.6. The molecular formula is C20H19Cl2FO4. The predicted octanol–water partition coefficient (Wildman–Crippen LogP) is 4.71. The molecule has 27 heavy (non-hydrogen) atoms. The van der Waals surface area contributed by atoms with Gasteiger partial charge in [-0.05, 0) is 42.7 Å². The molecule has 1 saturated heterocycles. The molecule has 2 aromatic carbocycles. The number of aliphatic hydroxyl groups excluding tert-OH is 1. The molecule has 4 nitrogen and oxygen atoms in total. The maximum absolute atomic E-state index is 13.3. The van der Waals surface area contributed by atoms with Gasteiger partial charge in [0.05, 0.1) is 12.5 Å². The average molecular weight is 413 g/mol. The predicted molar refractivity (Wildman–Crippen MR) is 101 cm³/mol. The van der Waals surface area contributed by atoms with Crippen LogP contribution in [0.4, 0.5) is 4.39 Å². The minimum absolute atomic E-state index is 0.0280. The van der Waals surface area contributed by atoms with E-state index in [-0.39, 0.29) is 24.9 Å². The molecule has 3 rings (SSSR count). The number of esters is 1. The summed E-state index contributed by atoms with van der Waals surface area (Å²) in [6.45, 7) is 0.165. The van der Waals surface area contributed by atoms with E-state index in [9.17, 15) is 14.3 Å². The summed E-state index contributed by atoms with van der Waals surface area (Å²) in [7, 11) is 0. The third kappa shape index (κ3) is 5.58. The minimum atomic E-state index is -0.680. The second kappa shape index (κ2) is 8.91. The van der Waals surface area contributed by atoms with Crippen molar-refractivity contribution in [3.63, 3.8) is 0 Å². The van der Waals surface area contributed by atoms with Crippen molar-refractivity contribution >= 4 is 29.2 Å². The van der Waals surface area contributed by atoms with Crippen LogP contribution in [0.5, 0.6) is 5.75 Å². The van der Waals surface area contributed by atoms with Gasteiger partial charge in [0.2, 0.25) is 0 Å². The second-order valence-electron chi connectivity index (χ2n) is 6.53. The summed E-state index contributed by atoms with van der Waals surface area (Å²) in [5.74, 6) is -0.235. The van der Waals surface area contributed by atoms with Crippen LogP contribution in [0.3, 0.4) is 0 Å². The SMILES string of the molecule is O=C1C[C@H](O)CC(CCc2c(Cl)cc(Cl)cc2OCc2cccc(F)c2)O1. The fraction of sp³-hybridized carbons (Fsp3) is 0.350. The Balaban J connectivity index is 1.71. The van der Waals surface area contributed by atoms with Gasteiger partial charge >= 0.3 is 5.97 Å². The standard InChI is InChI=1S/C20H19Cl2FO4/c21-13-7-18(22)17(5-4-16-9-15(24)10-20(25)27-16)19(8-13)26-11-12-2-1-3-14(23)6-12/h1-3,6-8,15-16,24H,4-5,9-11H2/t15-,16?/m1/s1. The first-order valence-corrected chi connectivity index (χ1v) is 9.39. The maximum atomic E-state index is 13.3. The zero-order chi connectivity index (χ0) is 19.4. The van der Waals surface area contributed by atoms with Crippen LogP contribution in [0.15, 0.2) is 36.4 Å². The van der Waals surface area contributed by atoms with E-state index in [4.69, 9.17) is 32.7 Å². The van der Waals surface area contributed by atoms with Crippen molar-refractivity contribution in [3.8, 4) is 5.75 Å². The largest absolute Gasteiger partial charge is 0.489 e. The van der Waals surface area contributed by atoms with E-state index in [1.54, 1.807) is 24.3 Å². The molecule has 2 aromatic rings. The molecule has 0 bridgehead atoms. The molecule has 0 spiro atoms. The van der Waals surface area contributed by atoms with Crippen LogP contribution in [0.1, 0.15) is 30.4 Å². The van der Waals surface area contributed by atoms with E-state index >= 15 is 0 Å². The van der Waals surface area contributed by atoms with Crippen LogP contribution in [-0.2, 0) is 22.6 Å². The van der Waals surface area contributed by atoms with E-state index in [0.717, 1.165) is 5.56 Å². The summed E-state index contributed by atoms with van der Waals surface area (Å²) in [5, 5.41) is 10.6. The Labute approximate surface area is 166 Å². The molecule has 1 aliphatic heterocycles. The Bertz CT molecular complexity index is 828. The van der Waals surface area contributed by atoms with Gasteiger partial charge < -0.3 is 14.6 Å². The van der Waals surface area contributed by atoms with Crippen LogP contribution in [-0.4, -0.2) is 23.3 Å². The highest BCUT2D eigenvalue weighted by Gasteiger charge is 2.27. The highest BCUT2D eigenvalue weighted by Crippen LogP contribution is 2.33. The molecule has 7 heteroatoms. The number of cyclic esters (lactones) is 1. The van der Waals surface area contributed by atoms with Gasteiger partial charge in [-0.15, -0.1) is 0 Å². The molecule has 0 aliphatic carbocycles. The zero-order valence-corrected chi connectivity index (χ0v) is 16.0. The quantitative estimate of drug-likeness (QED) is 0.697. The lowest BCUT2D eigenvalue weighted by molar-refractivity contribution is -0.160. The van der Waals surface area contributed by atoms with Gasteiger partial charge in [-0.3, -0.25) is 4.79 Å². The number of ether oxygens (including phenoxy) is 2. The van der Waals surface area contributed by atoms with Crippen LogP contribution >= 0.6 is 23.2 Å². The number of rotatable bonds is 6. The summed E-state index contributed by atoms with van der Waals surface area (Å²) in [6.07, 6.45) is 0.362. The van der Waals surface area contributed by atoms with E-state index in [1.807, 2.05) is 0 Å². The molecule has 0 amide bonds. The molecule has 1 N–H and O–H groups in total. The lowest BCUT2D eigenvalue weighted by Crippen LogP contribution is -2.32. The second-order valence-corrected chi connectivity index (χ2v) is 7.37. The van der Waals surface area contributed by atoms with Gasteiger partial charge in [0.1, 0.15) is 24.3 Å². The summed E-state index contributed by atoms with van der Waals surface area (Å²) in [6, 6.07) is 9.42. The van der Waals surface area contributed by atoms with Crippen LogP contribution in [0, 0.1) is 5.82 Å². The third-order valence-electron chi connectivity index (χ3n) is 4.35. The van der Waals surface area contributed by atoms with E-state index in [0.29, 0.717) is 40.6 Å². The Morgan fingerprint density at radius 1 is 1.26 bits per heavy atom. The van der Waals surface area contributed by atoms with Crippen molar-refractivity contribution < 1.29 is 23.8 Å². The highest BCUT2D eigenvalue weighted by molar-refractivity contribution is 6.35. The molecule has 1 unspecified atom stereocenters. The van der Waals surface area contributed by atoms with Crippen molar-refractivity contribution in [2.75, 3.05) is 0 Å². The highest BCUT2D eigenvalue weighted by atomic mass is 35.5. The Kier molecular flexibility index (Phi) is 6.58. The minimum Gasteiger partial charge on any atom is -0.489 e. The molecule has 1 heterocycles. The first-order chi connectivity index (χ1) is 12.9. The van der Waals surface area contributed by atoms with Crippen LogP contribution in [0.25, 0.3) is 0 Å². The molecule has 0 saturated carbocycles. The van der Waals surface area contributed by atoms with Gasteiger partial charge in [0, 0.05) is 22.0 Å². The van der Waals surface area contributed by atoms with Crippen molar-refractivity contribution in [2.45, 2.75) is 44.5 Å². The van der Waals surface area contributed by atoms with Crippen LogP contribution in [0.2, 0.25) is 10.0 Å². The molecule has 0 radical (unpaired) electrons. The smallest absolute Gasteiger partial charge is 0.308 e. The maximum Gasteiger partial charge on any atom is 0.308 e. The lowest BCUT2D eigenvalue weighted by atomic mass is 9.99.